The van der Waals surface area contributed by atoms with E-state index in [2.05, 4.69) is 32.2 Å². The summed E-state index contributed by atoms with van der Waals surface area (Å²) in [6.45, 7) is 10.6. The Morgan fingerprint density at radius 2 is 1.72 bits per heavy atom. The van der Waals surface area contributed by atoms with Crippen LogP contribution in [0.25, 0.3) is 0 Å². The van der Waals surface area contributed by atoms with E-state index < -0.39 is 13.4 Å². The van der Waals surface area contributed by atoms with Gasteiger partial charge in [0.05, 0.1) is 13.2 Å². The van der Waals surface area contributed by atoms with Gasteiger partial charge in [0.2, 0.25) is 0 Å². The molecule has 1 N–H and O–H groups in total. The Bertz CT molecular complexity index is 597. The Labute approximate surface area is 152 Å². The third-order valence-corrected chi connectivity index (χ3v) is 5.78. The van der Waals surface area contributed by atoms with Gasteiger partial charge in [0.1, 0.15) is 5.78 Å². The number of anilines is 1. The topological polar surface area (TPSA) is 47.6 Å². The Morgan fingerprint density at radius 1 is 1.12 bits per heavy atom. The van der Waals surface area contributed by atoms with E-state index in [1.807, 2.05) is 50.3 Å². The quantitative estimate of drug-likeness (QED) is 0.365. The lowest BCUT2D eigenvalue weighted by Gasteiger charge is -2.26. The molecule has 1 rings (SSSR count). The van der Waals surface area contributed by atoms with Gasteiger partial charge in [0.25, 0.3) is 0 Å². The smallest absolute Gasteiger partial charge is 0.356 e. The summed E-state index contributed by atoms with van der Waals surface area (Å²) in [5, 5.41) is 3.31. The van der Waals surface area contributed by atoms with Crippen LogP contribution >= 0.6 is 7.60 Å². The van der Waals surface area contributed by atoms with Crippen molar-refractivity contribution in [3.8, 4) is 0 Å². The molecule has 0 aliphatic heterocycles. The zero-order valence-electron chi connectivity index (χ0n) is 16.1. The lowest BCUT2D eigenvalue weighted by atomic mass is 10.1. The van der Waals surface area contributed by atoms with Crippen LogP contribution in [-0.4, -0.2) is 19.0 Å². The third-order valence-electron chi connectivity index (χ3n) is 3.58. The van der Waals surface area contributed by atoms with Crippen molar-refractivity contribution in [2.75, 3.05) is 18.5 Å². The molecule has 25 heavy (non-hydrogen) atoms. The molecule has 1 aromatic rings. The number of hydrogen-bond acceptors (Lipinski definition) is 4. The average molecular weight is 365 g/mol. The average Bonchev–Trinajstić information content (AvgIpc) is 2.55. The van der Waals surface area contributed by atoms with Crippen LogP contribution in [-0.2, 0) is 13.6 Å². The number of rotatable bonds is 11. The van der Waals surface area contributed by atoms with Crippen LogP contribution < -0.4 is 5.32 Å². The van der Waals surface area contributed by atoms with E-state index in [1.54, 1.807) is 0 Å². The molecule has 0 aliphatic carbocycles. The maximum atomic E-state index is 13.3. The van der Waals surface area contributed by atoms with Gasteiger partial charge in [-0.2, -0.15) is 0 Å². The van der Waals surface area contributed by atoms with Crippen LogP contribution in [0.1, 0.15) is 47.5 Å². The van der Waals surface area contributed by atoms with Gasteiger partial charge in [0, 0.05) is 5.69 Å². The second-order valence-corrected chi connectivity index (χ2v) is 8.32. The SMILES string of the molecule is CCOP(=O)(OCC)C(/C=C(\C)CCC=C(C)C)Nc1ccccc1. The van der Waals surface area contributed by atoms with Crippen molar-refractivity contribution in [3.63, 3.8) is 0 Å². The van der Waals surface area contributed by atoms with Gasteiger partial charge in [-0.15, -0.1) is 0 Å². The van der Waals surface area contributed by atoms with E-state index in [4.69, 9.17) is 9.05 Å². The lowest BCUT2D eigenvalue weighted by Crippen LogP contribution is -2.21. The molecular formula is C20H32NO3P. The largest absolute Gasteiger partial charge is 0.368 e. The van der Waals surface area contributed by atoms with Crippen LogP contribution in [0.15, 0.2) is 53.6 Å². The van der Waals surface area contributed by atoms with Gasteiger partial charge in [-0.3, -0.25) is 4.57 Å². The van der Waals surface area contributed by atoms with Crippen molar-refractivity contribution in [1.29, 1.82) is 0 Å². The van der Waals surface area contributed by atoms with Crippen molar-refractivity contribution in [2.45, 2.75) is 53.2 Å². The van der Waals surface area contributed by atoms with E-state index >= 15 is 0 Å². The minimum absolute atomic E-state index is 0.342. The Kier molecular flexibility index (Phi) is 9.81. The standard InChI is InChI=1S/C20H32NO3P/c1-6-23-25(22,24-7-2)20(21-19-14-9-8-10-15-19)16-18(5)13-11-12-17(3)4/h8-10,12,14-16,20-21H,6-7,11,13H2,1-5H3/b18-16+. The van der Waals surface area contributed by atoms with Crippen LogP contribution in [0.3, 0.4) is 0 Å². The molecule has 0 bridgehead atoms. The summed E-state index contributed by atoms with van der Waals surface area (Å²) in [7, 11) is -3.30. The summed E-state index contributed by atoms with van der Waals surface area (Å²) in [6, 6.07) is 9.72. The molecule has 0 radical (unpaired) electrons. The van der Waals surface area contributed by atoms with Gasteiger partial charge in [0.15, 0.2) is 0 Å². The number of para-hydroxylation sites is 1. The summed E-state index contributed by atoms with van der Waals surface area (Å²) in [5.74, 6) is -0.512. The van der Waals surface area contributed by atoms with Crippen molar-refractivity contribution in [2.24, 2.45) is 0 Å². The molecule has 1 aromatic carbocycles. The van der Waals surface area contributed by atoms with E-state index in [1.165, 1.54) is 5.57 Å². The summed E-state index contributed by atoms with van der Waals surface area (Å²) in [6.07, 6.45) is 6.08. The molecule has 0 saturated carbocycles. The van der Waals surface area contributed by atoms with Crippen molar-refractivity contribution in [1.82, 2.24) is 0 Å². The molecule has 0 amide bonds. The Morgan fingerprint density at radius 3 is 2.24 bits per heavy atom. The van der Waals surface area contributed by atoms with Gasteiger partial charge < -0.3 is 14.4 Å². The highest BCUT2D eigenvalue weighted by Crippen LogP contribution is 2.53. The van der Waals surface area contributed by atoms with Crippen molar-refractivity contribution in [3.05, 3.63) is 53.6 Å². The highest BCUT2D eigenvalue weighted by Gasteiger charge is 2.34. The van der Waals surface area contributed by atoms with E-state index in [9.17, 15) is 4.57 Å². The zero-order chi connectivity index (χ0) is 18.7. The highest BCUT2D eigenvalue weighted by molar-refractivity contribution is 7.55. The van der Waals surface area contributed by atoms with E-state index in [-0.39, 0.29) is 0 Å². The maximum absolute atomic E-state index is 13.3. The molecule has 4 nitrogen and oxygen atoms in total. The summed E-state index contributed by atoms with van der Waals surface area (Å²) in [4.78, 5) is 0. The molecule has 0 spiro atoms. The predicted octanol–water partition coefficient (Wildman–Crippen LogP) is 6.38. The van der Waals surface area contributed by atoms with E-state index in [0.717, 1.165) is 24.1 Å². The molecule has 0 saturated heterocycles. The summed E-state index contributed by atoms with van der Waals surface area (Å²) >= 11 is 0. The maximum Gasteiger partial charge on any atom is 0.356 e. The number of nitrogens with one attached hydrogen (secondary N) is 1. The molecule has 0 aromatic heterocycles. The van der Waals surface area contributed by atoms with Crippen LogP contribution in [0.2, 0.25) is 0 Å². The van der Waals surface area contributed by atoms with Crippen LogP contribution in [0.5, 0.6) is 0 Å². The van der Waals surface area contributed by atoms with Gasteiger partial charge in [-0.1, -0.05) is 41.5 Å². The van der Waals surface area contributed by atoms with E-state index in [0.29, 0.717) is 13.2 Å². The van der Waals surface area contributed by atoms with Gasteiger partial charge in [-0.05, 0) is 59.6 Å². The monoisotopic (exact) mass is 365 g/mol. The first-order chi connectivity index (χ1) is 11.9. The first-order valence-corrected chi connectivity index (χ1v) is 10.5. The number of hydrogen-bond donors (Lipinski definition) is 1. The molecule has 0 aliphatic rings. The summed E-state index contributed by atoms with van der Waals surface area (Å²) in [5.41, 5.74) is 3.35. The fourth-order valence-electron chi connectivity index (χ4n) is 2.42. The first-order valence-electron chi connectivity index (χ1n) is 8.92. The van der Waals surface area contributed by atoms with Crippen molar-refractivity contribution >= 4 is 13.3 Å². The Balaban J connectivity index is 3.04. The minimum atomic E-state index is -3.30. The number of benzene rings is 1. The normalized spacial score (nSPS) is 13.4. The lowest BCUT2D eigenvalue weighted by molar-refractivity contribution is 0.217. The molecule has 5 heteroatoms. The van der Waals surface area contributed by atoms with Gasteiger partial charge in [-0.25, -0.2) is 0 Å². The van der Waals surface area contributed by atoms with Crippen molar-refractivity contribution < 1.29 is 13.6 Å². The number of allylic oxidation sites excluding steroid dienone is 3. The highest BCUT2D eigenvalue weighted by atomic mass is 31.2. The van der Waals surface area contributed by atoms with Crippen LogP contribution in [0.4, 0.5) is 5.69 Å². The molecule has 140 valence electrons. The second kappa shape index (κ2) is 11.3. The fraction of sp³-hybridized carbons (Fsp3) is 0.500. The molecule has 0 heterocycles. The molecule has 0 fully saturated rings. The Hall–Kier alpha value is -1.35. The summed E-state index contributed by atoms with van der Waals surface area (Å²) < 4.78 is 24.4. The fourth-order valence-corrected chi connectivity index (χ4v) is 4.28. The van der Waals surface area contributed by atoms with Crippen LogP contribution in [0, 0.1) is 0 Å². The first kappa shape index (κ1) is 21.7. The predicted molar refractivity (Wildman–Crippen MR) is 107 cm³/mol. The molecule has 1 atom stereocenters. The minimum Gasteiger partial charge on any atom is -0.368 e. The molecular weight excluding hydrogens is 333 g/mol. The third kappa shape index (κ3) is 8.04. The van der Waals surface area contributed by atoms with Gasteiger partial charge >= 0.3 is 7.60 Å². The molecule has 1 unspecified atom stereocenters. The zero-order valence-corrected chi connectivity index (χ0v) is 17.0. The second-order valence-electron chi connectivity index (χ2n) is 6.16.